The second kappa shape index (κ2) is 4.99. The fourth-order valence-electron chi connectivity index (χ4n) is 1.92. The Morgan fingerprint density at radius 1 is 1.47 bits per heavy atom. The lowest BCUT2D eigenvalue weighted by molar-refractivity contribution is 0.148. The van der Waals surface area contributed by atoms with Gasteiger partial charge in [-0.1, -0.05) is 24.3 Å². The molecule has 0 amide bonds. The van der Waals surface area contributed by atoms with Crippen LogP contribution in [0.2, 0.25) is 0 Å². The highest BCUT2D eigenvalue weighted by Crippen LogP contribution is 2.24. The molecule has 1 N–H and O–H groups in total. The number of aryl methyl sites for hydroxylation is 1. The molecular formula is C13H17NO. The molecule has 2 nitrogen and oxygen atoms in total. The number of fused-ring (bicyclic) bond motifs is 1. The summed E-state index contributed by atoms with van der Waals surface area (Å²) in [6.07, 6.45) is 4.08. The summed E-state index contributed by atoms with van der Waals surface area (Å²) in [7, 11) is 0. The fraction of sp³-hybridized carbons (Fsp3) is 0.385. The number of nitrogens with one attached hydrogen (secondary N) is 1. The Balaban J connectivity index is 1.91. The Labute approximate surface area is 91.0 Å². The minimum Gasteiger partial charge on any atom is -0.380 e. The van der Waals surface area contributed by atoms with Gasteiger partial charge in [0.05, 0.1) is 13.2 Å². The van der Waals surface area contributed by atoms with E-state index in [4.69, 9.17) is 4.74 Å². The Hall–Kier alpha value is -1.28. The number of hydrogen-bond donors (Lipinski definition) is 1. The van der Waals surface area contributed by atoms with E-state index in [-0.39, 0.29) is 0 Å². The van der Waals surface area contributed by atoms with Crippen molar-refractivity contribution in [3.63, 3.8) is 0 Å². The number of rotatable bonds is 4. The number of benzene rings is 1. The maximum atomic E-state index is 5.46. The molecule has 0 fully saturated rings. The summed E-state index contributed by atoms with van der Waals surface area (Å²) in [4.78, 5) is 0. The van der Waals surface area contributed by atoms with Crippen LogP contribution in [-0.2, 0) is 11.2 Å². The van der Waals surface area contributed by atoms with Crippen molar-refractivity contribution in [2.24, 2.45) is 0 Å². The van der Waals surface area contributed by atoms with E-state index >= 15 is 0 Å². The van der Waals surface area contributed by atoms with Gasteiger partial charge in [0, 0.05) is 11.7 Å². The predicted molar refractivity (Wildman–Crippen MR) is 63.2 cm³/mol. The van der Waals surface area contributed by atoms with Crippen molar-refractivity contribution in [1.82, 2.24) is 0 Å². The van der Waals surface area contributed by atoms with Crippen LogP contribution in [0.1, 0.15) is 12.0 Å². The second-order valence-corrected chi connectivity index (χ2v) is 3.86. The normalized spacial score (nSPS) is 19.1. The maximum absolute atomic E-state index is 5.46. The first-order valence-corrected chi connectivity index (χ1v) is 5.43. The largest absolute Gasteiger partial charge is 0.380 e. The summed E-state index contributed by atoms with van der Waals surface area (Å²) in [6, 6.07) is 8.92. The van der Waals surface area contributed by atoms with Crippen molar-refractivity contribution >= 4 is 5.69 Å². The van der Waals surface area contributed by atoms with Crippen molar-refractivity contribution in [2.75, 3.05) is 18.5 Å². The van der Waals surface area contributed by atoms with Gasteiger partial charge in [-0.25, -0.2) is 0 Å². The zero-order chi connectivity index (χ0) is 10.5. The molecule has 1 aromatic rings. The third-order valence-electron chi connectivity index (χ3n) is 2.69. The predicted octanol–water partition coefficient (Wildman–Crippen LogP) is 2.62. The molecule has 0 aromatic heterocycles. The SMILES string of the molecule is C=CCOCC1CCc2ccccc2N1. The minimum absolute atomic E-state index is 0.444. The van der Waals surface area contributed by atoms with Gasteiger partial charge < -0.3 is 10.1 Å². The number of hydrogen-bond acceptors (Lipinski definition) is 2. The van der Waals surface area contributed by atoms with E-state index < -0.39 is 0 Å². The van der Waals surface area contributed by atoms with E-state index in [0.29, 0.717) is 12.6 Å². The topological polar surface area (TPSA) is 21.3 Å². The Morgan fingerprint density at radius 3 is 3.20 bits per heavy atom. The average Bonchev–Trinajstić information content (AvgIpc) is 2.29. The van der Waals surface area contributed by atoms with Crippen molar-refractivity contribution in [2.45, 2.75) is 18.9 Å². The third kappa shape index (κ3) is 2.60. The zero-order valence-corrected chi connectivity index (χ0v) is 8.91. The summed E-state index contributed by atoms with van der Waals surface area (Å²) in [5.41, 5.74) is 2.67. The van der Waals surface area contributed by atoms with Crippen molar-refractivity contribution in [3.8, 4) is 0 Å². The summed E-state index contributed by atoms with van der Waals surface area (Å²) in [5.74, 6) is 0. The average molecular weight is 203 g/mol. The molecule has 0 saturated heterocycles. The van der Waals surface area contributed by atoms with Gasteiger partial charge in [0.1, 0.15) is 0 Å². The monoisotopic (exact) mass is 203 g/mol. The molecule has 0 radical (unpaired) electrons. The van der Waals surface area contributed by atoms with E-state index in [1.807, 2.05) is 0 Å². The van der Waals surface area contributed by atoms with E-state index in [9.17, 15) is 0 Å². The van der Waals surface area contributed by atoms with Crippen LogP contribution < -0.4 is 5.32 Å². The van der Waals surface area contributed by atoms with Gasteiger partial charge in [-0.05, 0) is 24.5 Å². The molecule has 1 atom stereocenters. The first kappa shape index (κ1) is 10.2. The van der Waals surface area contributed by atoms with Crippen LogP contribution in [0.5, 0.6) is 0 Å². The van der Waals surface area contributed by atoms with E-state index in [2.05, 4.69) is 36.2 Å². The van der Waals surface area contributed by atoms with Crippen LogP contribution in [0.25, 0.3) is 0 Å². The van der Waals surface area contributed by atoms with Crippen molar-refractivity contribution in [3.05, 3.63) is 42.5 Å². The quantitative estimate of drug-likeness (QED) is 0.600. The van der Waals surface area contributed by atoms with Gasteiger partial charge in [0.2, 0.25) is 0 Å². The van der Waals surface area contributed by atoms with Crippen molar-refractivity contribution < 1.29 is 4.74 Å². The van der Waals surface area contributed by atoms with E-state index in [1.54, 1.807) is 6.08 Å². The Morgan fingerprint density at radius 2 is 2.33 bits per heavy atom. The highest BCUT2D eigenvalue weighted by Gasteiger charge is 2.16. The first-order valence-electron chi connectivity index (χ1n) is 5.43. The van der Waals surface area contributed by atoms with Gasteiger partial charge >= 0.3 is 0 Å². The summed E-state index contributed by atoms with van der Waals surface area (Å²) in [5, 5.41) is 3.50. The lowest BCUT2D eigenvalue weighted by Crippen LogP contribution is -2.30. The minimum atomic E-state index is 0.444. The maximum Gasteiger partial charge on any atom is 0.0672 e. The van der Waals surface area contributed by atoms with Crippen LogP contribution in [0.4, 0.5) is 5.69 Å². The van der Waals surface area contributed by atoms with Crippen LogP contribution in [0.3, 0.4) is 0 Å². The van der Waals surface area contributed by atoms with Crippen LogP contribution in [0, 0.1) is 0 Å². The molecule has 0 saturated carbocycles. The second-order valence-electron chi connectivity index (χ2n) is 3.86. The number of ether oxygens (including phenoxy) is 1. The Bertz CT molecular complexity index is 335. The lowest BCUT2D eigenvalue weighted by atomic mass is 9.99. The lowest BCUT2D eigenvalue weighted by Gasteiger charge is -2.26. The van der Waals surface area contributed by atoms with Crippen LogP contribution >= 0.6 is 0 Å². The highest BCUT2D eigenvalue weighted by atomic mass is 16.5. The van der Waals surface area contributed by atoms with Gasteiger partial charge in [-0.15, -0.1) is 6.58 Å². The molecule has 1 heterocycles. The molecule has 1 unspecified atom stereocenters. The molecule has 1 aromatic carbocycles. The molecule has 0 spiro atoms. The molecule has 2 heteroatoms. The van der Waals surface area contributed by atoms with Gasteiger partial charge in [-0.3, -0.25) is 0 Å². The summed E-state index contributed by atoms with van der Waals surface area (Å²) >= 11 is 0. The van der Waals surface area contributed by atoms with E-state index in [1.165, 1.54) is 11.3 Å². The first-order chi connectivity index (χ1) is 7.40. The molecule has 2 rings (SSSR count). The molecule has 15 heavy (non-hydrogen) atoms. The van der Waals surface area contributed by atoms with Gasteiger partial charge in [0.25, 0.3) is 0 Å². The highest BCUT2D eigenvalue weighted by molar-refractivity contribution is 5.53. The number of para-hydroxylation sites is 1. The summed E-state index contributed by atoms with van der Waals surface area (Å²) < 4.78 is 5.46. The van der Waals surface area contributed by atoms with Gasteiger partial charge in [0.15, 0.2) is 0 Å². The molecule has 80 valence electrons. The summed E-state index contributed by atoms with van der Waals surface area (Å²) in [6.45, 7) is 5.04. The van der Waals surface area contributed by atoms with Crippen LogP contribution in [0.15, 0.2) is 36.9 Å². The standard InChI is InChI=1S/C13H17NO/c1-2-9-15-10-12-8-7-11-5-3-4-6-13(11)14-12/h2-6,12,14H,1,7-10H2. The molecule has 1 aliphatic rings. The van der Waals surface area contributed by atoms with Crippen molar-refractivity contribution in [1.29, 1.82) is 0 Å². The third-order valence-corrected chi connectivity index (χ3v) is 2.69. The van der Waals surface area contributed by atoms with Gasteiger partial charge in [-0.2, -0.15) is 0 Å². The molecule has 1 aliphatic heterocycles. The zero-order valence-electron chi connectivity index (χ0n) is 8.91. The molecule has 0 bridgehead atoms. The van der Waals surface area contributed by atoms with E-state index in [0.717, 1.165) is 19.4 Å². The van der Waals surface area contributed by atoms with Crippen LogP contribution in [-0.4, -0.2) is 19.3 Å². The fourth-order valence-corrected chi connectivity index (χ4v) is 1.92. The molecular weight excluding hydrogens is 186 g/mol. The number of anilines is 1. The molecule has 0 aliphatic carbocycles. The Kier molecular flexibility index (Phi) is 3.41. The smallest absolute Gasteiger partial charge is 0.0672 e.